The first-order valence-electron chi connectivity index (χ1n) is 9.72. The Bertz CT molecular complexity index is 1380. The van der Waals surface area contributed by atoms with Crippen LogP contribution in [0.25, 0.3) is 10.7 Å². The summed E-state index contributed by atoms with van der Waals surface area (Å²) in [6.45, 7) is 0. The summed E-state index contributed by atoms with van der Waals surface area (Å²) in [4.78, 5) is 39.6. The molecule has 0 bridgehead atoms. The first kappa shape index (κ1) is 20.3. The van der Waals surface area contributed by atoms with Crippen LogP contribution in [-0.2, 0) is 11.8 Å². The fraction of sp³-hybridized carbons (Fsp3) is 0.0870. The van der Waals surface area contributed by atoms with Gasteiger partial charge in [-0.25, -0.2) is 0 Å². The van der Waals surface area contributed by atoms with E-state index in [2.05, 4.69) is 15.5 Å². The number of nitrogens with one attached hydrogen (secondary N) is 1. The Morgan fingerprint density at radius 3 is 2.47 bits per heavy atom. The molecule has 5 rings (SSSR count). The highest BCUT2D eigenvalue weighted by Gasteiger charge is 2.31. The molecule has 0 aliphatic heterocycles. The van der Waals surface area contributed by atoms with E-state index in [1.165, 1.54) is 11.8 Å². The van der Waals surface area contributed by atoms with Gasteiger partial charge < -0.3 is 9.88 Å². The van der Waals surface area contributed by atoms with Gasteiger partial charge in [-0.05, 0) is 17.5 Å². The minimum Gasteiger partial charge on any atom is -0.325 e. The third-order valence-electron chi connectivity index (χ3n) is 5.14. The predicted molar refractivity (Wildman–Crippen MR) is 123 cm³/mol. The highest BCUT2D eigenvalue weighted by Crippen LogP contribution is 2.32. The van der Waals surface area contributed by atoms with Gasteiger partial charge in [0.2, 0.25) is 5.91 Å². The van der Waals surface area contributed by atoms with Crippen LogP contribution in [0.5, 0.6) is 0 Å². The summed E-state index contributed by atoms with van der Waals surface area (Å²) in [7, 11) is 1.85. The van der Waals surface area contributed by atoms with Gasteiger partial charge in [0.25, 0.3) is 0 Å². The first-order valence-corrected chi connectivity index (χ1v) is 11.6. The molecule has 0 atom stereocenters. The van der Waals surface area contributed by atoms with Gasteiger partial charge >= 0.3 is 0 Å². The van der Waals surface area contributed by atoms with Crippen LogP contribution in [0.1, 0.15) is 31.8 Å². The first-order chi connectivity index (χ1) is 15.5. The smallest absolute Gasteiger partial charge is 0.234 e. The number of carbonyl (C=O) groups is 3. The molecule has 1 aliphatic rings. The van der Waals surface area contributed by atoms with Crippen molar-refractivity contribution in [2.75, 3.05) is 11.1 Å². The molecule has 0 unspecified atom stereocenters. The highest BCUT2D eigenvalue weighted by atomic mass is 32.2. The Morgan fingerprint density at radius 1 is 0.969 bits per heavy atom. The molecule has 4 aromatic rings. The van der Waals surface area contributed by atoms with E-state index in [0.29, 0.717) is 27.5 Å². The van der Waals surface area contributed by atoms with Crippen LogP contribution in [0.3, 0.4) is 0 Å². The van der Waals surface area contributed by atoms with Crippen molar-refractivity contribution < 1.29 is 14.4 Å². The van der Waals surface area contributed by atoms with E-state index in [0.717, 1.165) is 10.7 Å². The molecule has 158 valence electrons. The molecule has 1 aliphatic carbocycles. The summed E-state index contributed by atoms with van der Waals surface area (Å²) in [6.07, 6.45) is 0. The predicted octanol–water partition coefficient (Wildman–Crippen LogP) is 4.05. The standard InChI is InChI=1S/C23H16N4O3S2/c1-27-22(17-10-5-11-31-17)25-26-23(27)32-12-18(28)24-16-9-4-8-15-19(16)21(30)14-7-3-2-6-13(14)20(15)29/h2-11H,12H2,1H3,(H,24,28). The largest absolute Gasteiger partial charge is 0.325 e. The van der Waals surface area contributed by atoms with Gasteiger partial charge in [0.15, 0.2) is 22.5 Å². The number of aromatic nitrogens is 3. The molecule has 0 radical (unpaired) electrons. The van der Waals surface area contributed by atoms with E-state index in [4.69, 9.17) is 0 Å². The van der Waals surface area contributed by atoms with Crippen molar-refractivity contribution in [1.82, 2.24) is 14.8 Å². The number of fused-ring (bicyclic) bond motifs is 2. The average molecular weight is 461 g/mol. The normalized spacial score (nSPS) is 12.4. The number of hydrogen-bond acceptors (Lipinski definition) is 7. The van der Waals surface area contributed by atoms with Gasteiger partial charge in [0, 0.05) is 23.7 Å². The zero-order valence-corrected chi connectivity index (χ0v) is 18.5. The second kappa shape index (κ2) is 8.18. The summed E-state index contributed by atoms with van der Waals surface area (Å²) in [5, 5.41) is 13.7. The Morgan fingerprint density at radius 2 is 1.72 bits per heavy atom. The topological polar surface area (TPSA) is 94.0 Å². The third kappa shape index (κ3) is 3.45. The van der Waals surface area contributed by atoms with E-state index in [9.17, 15) is 14.4 Å². The maximum atomic E-state index is 13.1. The summed E-state index contributed by atoms with van der Waals surface area (Å²) in [5.74, 6) is 0.0261. The zero-order chi connectivity index (χ0) is 22.2. The second-order valence-electron chi connectivity index (χ2n) is 7.11. The van der Waals surface area contributed by atoms with Gasteiger partial charge in [-0.2, -0.15) is 0 Å². The SMILES string of the molecule is Cn1c(SCC(=O)Nc2cccc3c2C(=O)c2ccccc2C3=O)nnc1-c1cccs1. The van der Waals surface area contributed by atoms with Crippen molar-refractivity contribution in [1.29, 1.82) is 0 Å². The van der Waals surface area contributed by atoms with Crippen LogP contribution in [0.2, 0.25) is 0 Å². The monoisotopic (exact) mass is 460 g/mol. The van der Waals surface area contributed by atoms with E-state index in [1.54, 1.807) is 53.8 Å². The van der Waals surface area contributed by atoms with Crippen molar-refractivity contribution >= 4 is 46.3 Å². The number of nitrogens with zero attached hydrogens (tertiary/aromatic N) is 3. The summed E-state index contributed by atoms with van der Waals surface area (Å²) in [5.41, 5.74) is 1.59. The van der Waals surface area contributed by atoms with Crippen molar-refractivity contribution in [2.45, 2.75) is 5.16 Å². The number of hydrogen-bond donors (Lipinski definition) is 1. The molecular formula is C23H16N4O3S2. The number of benzene rings is 2. The van der Waals surface area contributed by atoms with E-state index >= 15 is 0 Å². The fourth-order valence-corrected chi connectivity index (χ4v) is 5.08. The van der Waals surface area contributed by atoms with Crippen LogP contribution in [-0.4, -0.2) is 38.0 Å². The minimum absolute atomic E-state index is 0.0821. The Labute approximate surface area is 191 Å². The third-order valence-corrected chi connectivity index (χ3v) is 7.02. The summed E-state index contributed by atoms with van der Waals surface area (Å²) < 4.78 is 1.84. The van der Waals surface area contributed by atoms with Crippen molar-refractivity contribution in [3.63, 3.8) is 0 Å². The zero-order valence-electron chi connectivity index (χ0n) is 16.9. The van der Waals surface area contributed by atoms with E-state index in [-0.39, 0.29) is 28.8 Å². The van der Waals surface area contributed by atoms with Crippen molar-refractivity contribution in [2.24, 2.45) is 7.05 Å². The lowest BCUT2D eigenvalue weighted by atomic mass is 9.83. The number of rotatable bonds is 5. The van der Waals surface area contributed by atoms with Crippen LogP contribution in [0.15, 0.2) is 65.1 Å². The number of amides is 1. The van der Waals surface area contributed by atoms with E-state index in [1.807, 2.05) is 29.1 Å². The minimum atomic E-state index is -0.303. The Hall–Kier alpha value is -3.56. The number of ketones is 2. The average Bonchev–Trinajstić information content (AvgIpc) is 3.46. The van der Waals surface area contributed by atoms with Crippen LogP contribution < -0.4 is 5.32 Å². The molecule has 1 N–H and O–H groups in total. The van der Waals surface area contributed by atoms with Gasteiger partial charge in [0.1, 0.15) is 0 Å². The van der Waals surface area contributed by atoms with E-state index < -0.39 is 0 Å². The molecular weight excluding hydrogens is 444 g/mol. The lowest BCUT2D eigenvalue weighted by molar-refractivity contribution is -0.113. The van der Waals surface area contributed by atoms with Crippen LogP contribution in [0.4, 0.5) is 5.69 Å². The molecule has 7 nitrogen and oxygen atoms in total. The molecule has 0 spiro atoms. The number of thioether (sulfide) groups is 1. The molecule has 0 saturated carbocycles. The Balaban J connectivity index is 1.34. The highest BCUT2D eigenvalue weighted by molar-refractivity contribution is 7.99. The van der Waals surface area contributed by atoms with Gasteiger partial charge in [-0.15, -0.1) is 21.5 Å². The lowest BCUT2D eigenvalue weighted by Crippen LogP contribution is -2.24. The molecule has 9 heteroatoms. The van der Waals surface area contributed by atoms with Crippen molar-refractivity contribution in [3.05, 3.63) is 82.2 Å². The fourth-order valence-electron chi connectivity index (χ4n) is 3.63. The van der Waals surface area contributed by atoms with Crippen molar-refractivity contribution in [3.8, 4) is 10.7 Å². The number of anilines is 1. The molecule has 32 heavy (non-hydrogen) atoms. The summed E-state index contributed by atoms with van der Waals surface area (Å²) >= 11 is 2.82. The molecule has 2 aromatic heterocycles. The maximum absolute atomic E-state index is 13.1. The van der Waals surface area contributed by atoms with Crippen LogP contribution >= 0.6 is 23.1 Å². The molecule has 0 fully saturated rings. The quantitative estimate of drug-likeness (QED) is 0.398. The van der Waals surface area contributed by atoms with Gasteiger partial charge in [0.05, 0.1) is 21.9 Å². The summed E-state index contributed by atoms with van der Waals surface area (Å²) in [6, 6.07) is 15.5. The molecule has 2 heterocycles. The molecule has 2 aromatic carbocycles. The van der Waals surface area contributed by atoms with Gasteiger partial charge in [-0.1, -0.05) is 54.2 Å². The second-order valence-corrected chi connectivity index (χ2v) is 9.00. The lowest BCUT2D eigenvalue weighted by Gasteiger charge is -2.20. The Kier molecular flexibility index (Phi) is 5.20. The maximum Gasteiger partial charge on any atom is 0.234 e. The molecule has 1 amide bonds. The molecule has 0 saturated heterocycles. The number of carbonyl (C=O) groups excluding carboxylic acids is 3. The van der Waals surface area contributed by atoms with Gasteiger partial charge in [-0.3, -0.25) is 14.4 Å². The number of thiophene rings is 1. The van der Waals surface area contributed by atoms with Crippen LogP contribution in [0, 0.1) is 0 Å².